The van der Waals surface area contributed by atoms with Gasteiger partial charge in [-0.05, 0) is 6.92 Å². The van der Waals surface area contributed by atoms with Crippen molar-refractivity contribution in [3.63, 3.8) is 0 Å². The van der Waals surface area contributed by atoms with Crippen LogP contribution >= 0.6 is 0 Å². The molecule has 2 nitrogen and oxygen atoms in total. The molecule has 0 unspecified atom stereocenters. The van der Waals surface area contributed by atoms with Crippen LogP contribution in [0.1, 0.15) is 7.12 Å². The smallest absolute Gasteiger partial charge is 0.232 e. The highest BCUT2D eigenvalue weighted by Gasteiger charge is 1.89. The summed E-state index contributed by atoms with van der Waals surface area (Å²) in [6.07, 6.45) is 0. The molecule has 7 heavy (non-hydrogen) atoms. The van der Waals surface area contributed by atoms with Crippen molar-refractivity contribution in [3.05, 3.63) is 17.7 Å². The first kappa shape index (κ1) is 4.30. The fourth-order valence-corrected chi connectivity index (χ4v) is 0.385. The number of rotatable bonds is 0. The number of aromatic nitrogens is 2. The summed E-state index contributed by atoms with van der Waals surface area (Å²) in [6, 6.07) is 1.33. The largest absolute Gasteiger partial charge is 0.280 e. The molecule has 0 aliphatic carbocycles. The van der Waals surface area contributed by atoms with Crippen LogP contribution in [-0.2, 0) is 0 Å². The van der Waals surface area contributed by atoms with Crippen molar-refractivity contribution in [2.24, 2.45) is 0 Å². The zero-order valence-corrected chi connectivity index (χ0v) is 3.90. The second-order valence-electron chi connectivity index (χ2n) is 1.37. The first-order chi connectivity index (χ1) is 3.29. The molecular weight excluding hydrogens is 95.1 g/mol. The van der Waals surface area contributed by atoms with Crippen molar-refractivity contribution in [2.45, 2.75) is 6.92 Å². The van der Waals surface area contributed by atoms with E-state index in [0.29, 0.717) is 0 Å². The van der Waals surface area contributed by atoms with Gasteiger partial charge in [-0.15, -0.1) is 5.10 Å². The van der Waals surface area contributed by atoms with E-state index < -0.39 is 5.95 Å². The molecule has 0 bridgehead atoms. The van der Waals surface area contributed by atoms with Crippen molar-refractivity contribution >= 4 is 0 Å². The maximum absolute atomic E-state index is 11.8. The van der Waals surface area contributed by atoms with E-state index in [1.807, 2.05) is 0 Å². The zero-order chi connectivity index (χ0) is 5.28. The van der Waals surface area contributed by atoms with Crippen LogP contribution in [0.15, 0.2) is 6.07 Å². The minimum absolute atomic E-state index is 0. The van der Waals surface area contributed by atoms with Crippen LogP contribution in [0, 0.1) is 12.9 Å². The lowest BCUT2D eigenvalue weighted by molar-refractivity contribution is 0.579. The van der Waals surface area contributed by atoms with Gasteiger partial charge in [-0.25, -0.2) is 0 Å². The van der Waals surface area contributed by atoms with Crippen LogP contribution in [0.25, 0.3) is 0 Å². The fourth-order valence-electron chi connectivity index (χ4n) is 0.385. The van der Waals surface area contributed by atoms with E-state index in [4.69, 9.17) is 0 Å². The van der Waals surface area contributed by atoms with Crippen molar-refractivity contribution in [2.75, 3.05) is 0 Å². The number of aryl methyl sites for hydroxylation is 1. The van der Waals surface area contributed by atoms with Gasteiger partial charge in [0.1, 0.15) is 0 Å². The highest BCUT2D eigenvalue weighted by Crippen LogP contribution is 1.91. The number of aromatic amines is 1. The summed E-state index contributed by atoms with van der Waals surface area (Å²) in [5.41, 5.74) is 0.748. The van der Waals surface area contributed by atoms with E-state index in [0.717, 1.165) is 5.69 Å². The maximum Gasteiger partial charge on any atom is 0.232 e. The normalized spacial score (nSPS) is 9.43. The molecule has 0 aliphatic rings. The Balaban J connectivity index is 0.000000490. The van der Waals surface area contributed by atoms with Gasteiger partial charge in [-0.2, -0.15) is 4.39 Å². The first-order valence-electron chi connectivity index (χ1n) is 1.96. The molecule has 0 saturated carbocycles. The molecule has 0 aliphatic heterocycles. The second-order valence-corrected chi connectivity index (χ2v) is 1.37. The molecule has 0 saturated heterocycles. The Bertz CT molecular complexity index is 146. The van der Waals surface area contributed by atoms with Crippen molar-refractivity contribution in [3.8, 4) is 0 Å². The fraction of sp³-hybridized carbons (Fsp3) is 0.250. The van der Waals surface area contributed by atoms with Crippen molar-refractivity contribution < 1.29 is 5.82 Å². The highest BCUT2D eigenvalue weighted by atomic mass is 19.1. The Labute approximate surface area is 41.8 Å². The van der Waals surface area contributed by atoms with Crippen molar-refractivity contribution in [1.29, 1.82) is 0 Å². The molecule has 0 amide bonds. The van der Waals surface area contributed by atoms with E-state index >= 15 is 0 Å². The molecule has 0 atom stereocenters. The molecule has 1 aromatic heterocycles. The molecule has 3 heteroatoms. The standard InChI is InChI=1S/C4H5FN2.H2/c1-3-2-4(5)7-6-3;/h2H,1H3,(H,6,7);1H. The van der Waals surface area contributed by atoms with E-state index in [1.54, 1.807) is 6.92 Å². The summed E-state index contributed by atoms with van der Waals surface area (Å²) in [4.78, 5) is 0. The lowest BCUT2D eigenvalue weighted by atomic mass is 10.5. The summed E-state index contributed by atoms with van der Waals surface area (Å²) in [7, 11) is 0. The SMILES string of the molecule is Cc1cc(F)n[nH]1.[HH]. The highest BCUT2D eigenvalue weighted by molar-refractivity contribution is 4.94. The third kappa shape index (κ3) is 0.765. The van der Waals surface area contributed by atoms with E-state index in [-0.39, 0.29) is 1.43 Å². The van der Waals surface area contributed by atoms with E-state index in [9.17, 15) is 4.39 Å². The minimum Gasteiger partial charge on any atom is -0.280 e. The maximum atomic E-state index is 11.8. The topological polar surface area (TPSA) is 28.7 Å². The average Bonchev–Trinajstić information content (AvgIpc) is 1.87. The van der Waals surface area contributed by atoms with Crippen LogP contribution in [0.3, 0.4) is 0 Å². The van der Waals surface area contributed by atoms with Gasteiger partial charge >= 0.3 is 0 Å². The van der Waals surface area contributed by atoms with E-state index in [2.05, 4.69) is 10.2 Å². The third-order valence-corrected chi connectivity index (χ3v) is 0.675. The summed E-state index contributed by atoms with van der Waals surface area (Å²) in [5.74, 6) is -0.447. The Morgan fingerprint density at radius 1 is 2.00 bits per heavy atom. The number of halogens is 1. The average molecular weight is 102 g/mol. The van der Waals surface area contributed by atoms with Crippen LogP contribution in [-0.4, -0.2) is 10.2 Å². The second kappa shape index (κ2) is 1.33. The monoisotopic (exact) mass is 102 g/mol. The van der Waals surface area contributed by atoms with Crippen LogP contribution in [0.5, 0.6) is 0 Å². The summed E-state index contributed by atoms with van der Waals surface area (Å²) in [6.45, 7) is 1.75. The number of nitrogens with zero attached hydrogens (tertiary/aromatic N) is 1. The van der Waals surface area contributed by atoms with Crippen LogP contribution in [0.2, 0.25) is 0 Å². The molecule has 0 spiro atoms. The predicted octanol–water partition coefficient (Wildman–Crippen LogP) is 1.10. The van der Waals surface area contributed by atoms with Gasteiger partial charge in [0.2, 0.25) is 5.95 Å². The number of hydrogen-bond acceptors (Lipinski definition) is 1. The Morgan fingerprint density at radius 2 is 2.71 bits per heavy atom. The Kier molecular flexibility index (Phi) is 0.817. The zero-order valence-electron chi connectivity index (χ0n) is 3.90. The lowest BCUT2D eigenvalue weighted by Gasteiger charge is -1.67. The molecule has 1 heterocycles. The van der Waals surface area contributed by atoms with Crippen LogP contribution in [0.4, 0.5) is 4.39 Å². The van der Waals surface area contributed by atoms with Gasteiger partial charge in [-0.3, -0.25) is 5.10 Å². The third-order valence-electron chi connectivity index (χ3n) is 0.675. The van der Waals surface area contributed by atoms with Gasteiger partial charge < -0.3 is 0 Å². The quantitative estimate of drug-likeness (QED) is 0.522. The number of H-pyrrole nitrogens is 1. The molecule has 0 fully saturated rings. The number of hydrogen-bond donors (Lipinski definition) is 1. The predicted molar refractivity (Wildman–Crippen MR) is 25.4 cm³/mol. The van der Waals surface area contributed by atoms with Crippen molar-refractivity contribution in [1.82, 2.24) is 10.2 Å². The summed E-state index contributed by atoms with van der Waals surface area (Å²) < 4.78 is 11.8. The van der Waals surface area contributed by atoms with Gasteiger partial charge in [0, 0.05) is 13.2 Å². The Morgan fingerprint density at radius 3 is 2.86 bits per heavy atom. The molecule has 1 N–H and O–H groups in total. The minimum atomic E-state index is -0.447. The van der Waals surface area contributed by atoms with Gasteiger partial charge in [0.25, 0.3) is 0 Å². The molecule has 0 radical (unpaired) electrons. The summed E-state index contributed by atoms with van der Waals surface area (Å²) >= 11 is 0. The van der Waals surface area contributed by atoms with Gasteiger partial charge in [-0.1, -0.05) is 0 Å². The molecule has 0 aromatic carbocycles. The molecule has 1 aromatic rings. The van der Waals surface area contributed by atoms with Gasteiger partial charge in [0.05, 0.1) is 0 Å². The lowest BCUT2D eigenvalue weighted by Crippen LogP contribution is -1.68. The van der Waals surface area contributed by atoms with E-state index in [1.165, 1.54) is 6.07 Å². The number of nitrogens with one attached hydrogen (secondary N) is 1. The molecular formula is C4H7FN2. The van der Waals surface area contributed by atoms with Gasteiger partial charge in [0.15, 0.2) is 0 Å². The first-order valence-corrected chi connectivity index (χ1v) is 1.96. The summed E-state index contributed by atoms with van der Waals surface area (Å²) in [5, 5.41) is 5.67. The molecule has 40 valence electrons. The van der Waals surface area contributed by atoms with Crippen LogP contribution < -0.4 is 0 Å². The molecule has 1 rings (SSSR count). The Hall–Kier alpha value is -0.860.